The second-order valence-electron chi connectivity index (χ2n) is 5.68. The van der Waals surface area contributed by atoms with Crippen LogP contribution in [0, 0.1) is 5.92 Å². The molecule has 1 aliphatic heterocycles. The Hall–Kier alpha value is -1.06. The Labute approximate surface area is 126 Å². The van der Waals surface area contributed by atoms with E-state index in [1.165, 1.54) is 12.8 Å². The first kappa shape index (κ1) is 15.3. The summed E-state index contributed by atoms with van der Waals surface area (Å²) in [5, 5.41) is 3.68. The zero-order chi connectivity index (χ0) is 14.4. The fraction of sp³-hybridized carbons (Fsp3) is 0.562. The van der Waals surface area contributed by atoms with E-state index in [0.717, 1.165) is 36.1 Å². The molecule has 1 fully saturated rings. The van der Waals surface area contributed by atoms with Gasteiger partial charge in [0.15, 0.2) is 0 Å². The van der Waals surface area contributed by atoms with E-state index in [2.05, 4.69) is 17.1 Å². The number of benzene rings is 1. The first-order valence-corrected chi connectivity index (χ1v) is 7.75. The Bertz CT molecular complexity index is 425. The minimum atomic E-state index is 0.124. The highest BCUT2D eigenvalue weighted by Crippen LogP contribution is 2.15. The van der Waals surface area contributed by atoms with Crippen molar-refractivity contribution in [3.63, 3.8) is 0 Å². The molecule has 0 radical (unpaired) electrons. The summed E-state index contributed by atoms with van der Waals surface area (Å²) in [6.07, 6.45) is 3.10. The van der Waals surface area contributed by atoms with Crippen LogP contribution in [0.2, 0.25) is 5.02 Å². The topological polar surface area (TPSA) is 32.3 Å². The Morgan fingerprint density at radius 1 is 1.30 bits per heavy atom. The number of carbonyl (C=O) groups excluding carboxylic acids is 1. The van der Waals surface area contributed by atoms with Crippen LogP contribution in [0.15, 0.2) is 24.3 Å². The Morgan fingerprint density at radius 2 is 1.95 bits per heavy atom. The maximum atomic E-state index is 11.8. The Kier molecular flexibility index (Phi) is 5.86. The van der Waals surface area contributed by atoms with Gasteiger partial charge in [0.1, 0.15) is 0 Å². The molecule has 110 valence electrons. The van der Waals surface area contributed by atoms with Crippen molar-refractivity contribution in [1.82, 2.24) is 10.2 Å². The number of piperidine rings is 1. The summed E-state index contributed by atoms with van der Waals surface area (Å²) in [6.45, 7) is 6.01. The lowest BCUT2D eigenvalue weighted by atomic mass is 9.99. The summed E-state index contributed by atoms with van der Waals surface area (Å²) in [5.41, 5.74) is 1.08. The number of nitrogens with zero attached hydrogens (tertiary/aromatic N) is 1. The predicted octanol–water partition coefficient (Wildman–Crippen LogP) is 3.08. The van der Waals surface area contributed by atoms with Gasteiger partial charge in [0.25, 0.3) is 0 Å². The molecule has 0 atom stereocenters. The van der Waals surface area contributed by atoms with Crippen LogP contribution in [0.3, 0.4) is 0 Å². The number of amides is 1. The summed E-state index contributed by atoms with van der Waals surface area (Å²) >= 11 is 5.83. The maximum Gasteiger partial charge on any atom is 0.221 e. The molecule has 0 aliphatic carbocycles. The standard InChI is InChI=1S/C16H23ClN2O/c1-13-6-9-19(10-7-13)11-8-16(20)18-12-14-2-4-15(17)5-3-14/h2-5,13H,6-12H2,1H3,(H,18,20). The van der Waals surface area contributed by atoms with Crippen molar-refractivity contribution < 1.29 is 4.79 Å². The van der Waals surface area contributed by atoms with Crippen LogP contribution < -0.4 is 5.32 Å². The highest BCUT2D eigenvalue weighted by Gasteiger charge is 2.16. The largest absolute Gasteiger partial charge is 0.352 e. The van der Waals surface area contributed by atoms with Gasteiger partial charge in [-0.15, -0.1) is 0 Å². The second-order valence-corrected chi connectivity index (χ2v) is 6.11. The SMILES string of the molecule is CC1CCN(CCC(=O)NCc2ccc(Cl)cc2)CC1. The maximum absolute atomic E-state index is 11.8. The van der Waals surface area contributed by atoms with Gasteiger partial charge < -0.3 is 10.2 Å². The van der Waals surface area contributed by atoms with Crippen molar-refractivity contribution in [2.24, 2.45) is 5.92 Å². The molecule has 0 unspecified atom stereocenters. The molecular formula is C16H23ClN2O. The van der Waals surface area contributed by atoms with Crippen LogP contribution in [0.25, 0.3) is 0 Å². The van der Waals surface area contributed by atoms with Gasteiger partial charge in [-0.2, -0.15) is 0 Å². The van der Waals surface area contributed by atoms with Crippen molar-refractivity contribution in [1.29, 1.82) is 0 Å². The summed E-state index contributed by atoms with van der Waals surface area (Å²) in [4.78, 5) is 14.2. The monoisotopic (exact) mass is 294 g/mol. The molecule has 0 aromatic heterocycles. The molecule has 0 spiro atoms. The highest BCUT2D eigenvalue weighted by atomic mass is 35.5. The normalized spacial score (nSPS) is 17.1. The van der Waals surface area contributed by atoms with Gasteiger partial charge in [0.2, 0.25) is 5.91 Å². The van der Waals surface area contributed by atoms with Crippen LogP contribution >= 0.6 is 11.6 Å². The summed E-state index contributed by atoms with van der Waals surface area (Å²) in [7, 11) is 0. The lowest BCUT2D eigenvalue weighted by Crippen LogP contribution is -2.36. The lowest BCUT2D eigenvalue weighted by molar-refractivity contribution is -0.121. The third-order valence-electron chi connectivity index (χ3n) is 3.93. The zero-order valence-corrected chi connectivity index (χ0v) is 12.8. The van der Waals surface area contributed by atoms with Crippen molar-refractivity contribution in [3.05, 3.63) is 34.9 Å². The smallest absolute Gasteiger partial charge is 0.221 e. The quantitative estimate of drug-likeness (QED) is 0.905. The van der Waals surface area contributed by atoms with Crippen LogP contribution in [0.4, 0.5) is 0 Å². The molecule has 1 heterocycles. The van der Waals surface area contributed by atoms with Gasteiger partial charge in [0, 0.05) is 24.5 Å². The highest BCUT2D eigenvalue weighted by molar-refractivity contribution is 6.30. The molecule has 0 saturated carbocycles. The zero-order valence-electron chi connectivity index (χ0n) is 12.1. The van der Waals surface area contributed by atoms with Crippen LogP contribution in [-0.2, 0) is 11.3 Å². The van der Waals surface area contributed by atoms with Gasteiger partial charge >= 0.3 is 0 Å². The molecular weight excluding hydrogens is 272 g/mol. The molecule has 0 bridgehead atoms. The van der Waals surface area contributed by atoms with E-state index in [9.17, 15) is 4.79 Å². The number of hydrogen-bond donors (Lipinski definition) is 1. The van der Waals surface area contributed by atoms with E-state index >= 15 is 0 Å². The molecule has 3 nitrogen and oxygen atoms in total. The van der Waals surface area contributed by atoms with E-state index in [4.69, 9.17) is 11.6 Å². The summed E-state index contributed by atoms with van der Waals surface area (Å²) in [5.74, 6) is 0.962. The molecule has 1 N–H and O–H groups in total. The van der Waals surface area contributed by atoms with Gasteiger partial charge in [-0.25, -0.2) is 0 Å². The number of rotatable bonds is 5. The van der Waals surface area contributed by atoms with E-state index in [1.807, 2.05) is 24.3 Å². The van der Waals surface area contributed by atoms with Crippen LogP contribution in [-0.4, -0.2) is 30.4 Å². The fourth-order valence-corrected chi connectivity index (χ4v) is 2.56. The van der Waals surface area contributed by atoms with E-state index in [-0.39, 0.29) is 5.91 Å². The number of likely N-dealkylation sites (tertiary alicyclic amines) is 1. The van der Waals surface area contributed by atoms with Gasteiger partial charge in [-0.05, 0) is 49.5 Å². The van der Waals surface area contributed by atoms with Gasteiger partial charge in [0.05, 0.1) is 0 Å². The third-order valence-corrected chi connectivity index (χ3v) is 4.19. The molecule has 1 saturated heterocycles. The van der Waals surface area contributed by atoms with Crippen molar-refractivity contribution in [2.75, 3.05) is 19.6 Å². The van der Waals surface area contributed by atoms with E-state index in [0.29, 0.717) is 13.0 Å². The number of carbonyl (C=O) groups is 1. The van der Waals surface area contributed by atoms with E-state index < -0.39 is 0 Å². The number of hydrogen-bond acceptors (Lipinski definition) is 2. The molecule has 2 rings (SSSR count). The minimum absolute atomic E-state index is 0.124. The first-order chi connectivity index (χ1) is 9.63. The number of halogens is 1. The molecule has 1 aliphatic rings. The Morgan fingerprint density at radius 3 is 2.60 bits per heavy atom. The van der Waals surface area contributed by atoms with Crippen LogP contribution in [0.5, 0.6) is 0 Å². The molecule has 4 heteroatoms. The third kappa shape index (κ3) is 5.14. The van der Waals surface area contributed by atoms with Crippen molar-refractivity contribution in [3.8, 4) is 0 Å². The first-order valence-electron chi connectivity index (χ1n) is 7.37. The average Bonchev–Trinajstić information content (AvgIpc) is 2.46. The van der Waals surface area contributed by atoms with Gasteiger partial charge in [-0.3, -0.25) is 4.79 Å². The second kappa shape index (κ2) is 7.65. The lowest BCUT2D eigenvalue weighted by Gasteiger charge is -2.29. The number of nitrogens with one attached hydrogen (secondary N) is 1. The summed E-state index contributed by atoms with van der Waals surface area (Å²) < 4.78 is 0. The van der Waals surface area contributed by atoms with E-state index in [1.54, 1.807) is 0 Å². The molecule has 1 aromatic carbocycles. The average molecular weight is 295 g/mol. The fourth-order valence-electron chi connectivity index (χ4n) is 2.44. The van der Waals surface area contributed by atoms with Crippen molar-refractivity contribution in [2.45, 2.75) is 32.7 Å². The Balaban J connectivity index is 1.64. The van der Waals surface area contributed by atoms with Crippen molar-refractivity contribution >= 4 is 17.5 Å². The minimum Gasteiger partial charge on any atom is -0.352 e. The molecule has 1 aromatic rings. The molecule has 20 heavy (non-hydrogen) atoms. The predicted molar refractivity (Wildman–Crippen MR) is 82.8 cm³/mol. The molecule has 1 amide bonds. The van der Waals surface area contributed by atoms with Crippen LogP contribution in [0.1, 0.15) is 31.7 Å². The van der Waals surface area contributed by atoms with Gasteiger partial charge in [-0.1, -0.05) is 30.7 Å². The summed E-state index contributed by atoms with van der Waals surface area (Å²) in [6, 6.07) is 7.57.